The molecule has 2 aliphatic rings. The molecule has 0 aromatic heterocycles. The molecule has 0 N–H and O–H groups in total. The molecule has 0 unspecified atom stereocenters. The first-order valence-corrected chi connectivity index (χ1v) is 8.61. The van der Waals surface area contributed by atoms with Gasteiger partial charge in [0, 0.05) is 10.0 Å². The maximum Gasteiger partial charge on any atom is 0.416 e. The van der Waals surface area contributed by atoms with Gasteiger partial charge in [0.2, 0.25) is 12.0 Å². The average molecular weight is 439 g/mol. The Morgan fingerprint density at radius 2 is 1.74 bits per heavy atom. The number of anilines is 1. The second-order valence-electron chi connectivity index (χ2n) is 6.05. The topological polar surface area (TPSA) is 59.0 Å². The van der Waals surface area contributed by atoms with E-state index in [9.17, 15) is 22.8 Å². The average Bonchev–Trinajstić information content (AvgIpc) is 3.16. The van der Waals surface area contributed by atoms with Gasteiger partial charge in [-0.1, -0.05) is 39.3 Å². The van der Waals surface area contributed by atoms with Gasteiger partial charge in [0.1, 0.15) is 11.6 Å². The van der Waals surface area contributed by atoms with E-state index in [1.807, 2.05) is 0 Å². The van der Waals surface area contributed by atoms with E-state index in [0.717, 1.165) is 27.6 Å². The number of hydrogen-bond donors (Lipinski definition) is 0. The first-order valence-electron chi connectivity index (χ1n) is 7.82. The van der Waals surface area contributed by atoms with E-state index in [4.69, 9.17) is 4.84 Å². The standard InChI is InChI=1S/C18H10BrF3N2O3/c19-11-6-4-9(5-7-11)14-13-15(27-23-14)17(26)24(16(13)25)12-3-1-2-10(8-12)18(20,21)22/h1-8,13,15H/t13-,15+/m1/s1. The van der Waals surface area contributed by atoms with Crippen molar-refractivity contribution in [1.82, 2.24) is 0 Å². The number of imide groups is 1. The number of rotatable bonds is 2. The number of fused-ring (bicyclic) bond motifs is 1. The fourth-order valence-electron chi connectivity index (χ4n) is 3.11. The minimum absolute atomic E-state index is 0.145. The fourth-order valence-corrected chi connectivity index (χ4v) is 3.38. The van der Waals surface area contributed by atoms with Crippen LogP contribution in [0.5, 0.6) is 0 Å². The normalized spacial score (nSPS) is 21.9. The number of alkyl halides is 3. The number of halogens is 4. The molecule has 0 saturated carbocycles. The molecule has 2 amide bonds. The summed E-state index contributed by atoms with van der Waals surface area (Å²) < 4.78 is 39.7. The zero-order valence-corrected chi connectivity index (χ0v) is 15.0. The summed E-state index contributed by atoms with van der Waals surface area (Å²) in [7, 11) is 0. The summed E-state index contributed by atoms with van der Waals surface area (Å²) in [6.45, 7) is 0. The third-order valence-electron chi connectivity index (χ3n) is 4.38. The maximum absolute atomic E-state index is 13.0. The van der Waals surface area contributed by atoms with Gasteiger partial charge in [-0.25, -0.2) is 4.90 Å². The molecule has 0 aliphatic carbocycles. The van der Waals surface area contributed by atoms with Crippen molar-refractivity contribution in [2.24, 2.45) is 11.1 Å². The lowest BCUT2D eigenvalue weighted by molar-refractivity contribution is -0.137. The molecule has 1 saturated heterocycles. The Bertz CT molecular complexity index is 973. The fraction of sp³-hybridized carbons (Fsp3) is 0.167. The number of benzene rings is 2. The number of carbonyl (C=O) groups is 2. The second-order valence-corrected chi connectivity index (χ2v) is 6.96. The van der Waals surface area contributed by atoms with Gasteiger partial charge in [0.05, 0.1) is 11.3 Å². The predicted octanol–water partition coefficient (Wildman–Crippen LogP) is 3.76. The van der Waals surface area contributed by atoms with Crippen molar-refractivity contribution in [1.29, 1.82) is 0 Å². The Morgan fingerprint density at radius 1 is 1.04 bits per heavy atom. The zero-order valence-electron chi connectivity index (χ0n) is 13.4. The summed E-state index contributed by atoms with van der Waals surface area (Å²) >= 11 is 3.30. The molecule has 2 aromatic carbocycles. The van der Waals surface area contributed by atoms with Crippen LogP contribution in [0, 0.1) is 5.92 Å². The van der Waals surface area contributed by atoms with E-state index in [1.165, 1.54) is 6.07 Å². The monoisotopic (exact) mass is 438 g/mol. The molecule has 0 bridgehead atoms. The summed E-state index contributed by atoms with van der Waals surface area (Å²) in [4.78, 5) is 31.4. The van der Waals surface area contributed by atoms with E-state index in [1.54, 1.807) is 24.3 Å². The van der Waals surface area contributed by atoms with Crippen LogP contribution in [0.1, 0.15) is 11.1 Å². The Hall–Kier alpha value is -2.68. The molecule has 138 valence electrons. The van der Waals surface area contributed by atoms with Crippen molar-refractivity contribution in [2.75, 3.05) is 4.90 Å². The smallest absolute Gasteiger partial charge is 0.381 e. The number of nitrogens with zero attached hydrogens (tertiary/aromatic N) is 2. The Balaban J connectivity index is 1.69. The minimum atomic E-state index is -4.59. The summed E-state index contributed by atoms with van der Waals surface area (Å²) in [5, 5.41) is 3.86. The van der Waals surface area contributed by atoms with Crippen LogP contribution in [-0.2, 0) is 20.6 Å². The van der Waals surface area contributed by atoms with E-state index in [-0.39, 0.29) is 11.4 Å². The van der Waals surface area contributed by atoms with Crippen molar-refractivity contribution in [3.8, 4) is 0 Å². The highest BCUT2D eigenvalue weighted by atomic mass is 79.9. The highest BCUT2D eigenvalue weighted by molar-refractivity contribution is 9.10. The van der Waals surface area contributed by atoms with Crippen LogP contribution in [0.2, 0.25) is 0 Å². The third-order valence-corrected chi connectivity index (χ3v) is 4.91. The number of hydrogen-bond acceptors (Lipinski definition) is 4. The minimum Gasteiger partial charge on any atom is -0.381 e. The lowest BCUT2D eigenvalue weighted by Gasteiger charge is -2.17. The molecule has 2 aromatic rings. The van der Waals surface area contributed by atoms with Crippen LogP contribution < -0.4 is 4.90 Å². The predicted molar refractivity (Wildman–Crippen MR) is 93.0 cm³/mol. The maximum atomic E-state index is 13.0. The first-order chi connectivity index (χ1) is 12.8. The van der Waals surface area contributed by atoms with Gasteiger partial charge in [-0.2, -0.15) is 13.2 Å². The van der Waals surface area contributed by atoms with Crippen molar-refractivity contribution >= 4 is 39.1 Å². The van der Waals surface area contributed by atoms with E-state index < -0.39 is 35.6 Å². The highest BCUT2D eigenvalue weighted by Gasteiger charge is 2.56. The van der Waals surface area contributed by atoms with Gasteiger partial charge >= 0.3 is 6.18 Å². The molecule has 1 fully saturated rings. The van der Waals surface area contributed by atoms with Crippen LogP contribution in [-0.4, -0.2) is 23.6 Å². The summed E-state index contributed by atoms with van der Waals surface area (Å²) in [5.74, 6) is -2.39. The lowest BCUT2D eigenvalue weighted by Crippen LogP contribution is -2.33. The molecule has 0 spiro atoms. The van der Waals surface area contributed by atoms with Crippen molar-refractivity contribution in [3.05, 3.63) is 64.1 Å². The van der Waals surface area contributed by atoms with Crippen molar-refractivity contribution in [2.45, 2.75) is 12.3 Å². The van der Waals surface area contributed by atoms with Gasteiger partial charge in [0.25, 0.3) is 5.91 Å². The first kappa shape index (κ1) is 17.7. The second kappa shape index (κ2) is 6.19. The largest absolute Gasteiger partial charge is 0.416 e. The SMILES string of the molecule is O=C1[C@@H]2C(c3ccc(Br)cc3)=NO[C@@H]2C(=O)N1c1cccc(C(F)(F)F)c1. The number of carbonyl (C=O) groups excluding carboxylic acids is 2. The van der Waals surface area contributed by atoms with E-state index in [0.29, 0.717) is 5.56 Å². The molecule has 0 radical (unpaired) electrons. The molecule has 9 heteroatoms. The van der Waals surface area contributed by atoms with E-state index >= 15 is 0 Å². The van der Waals surface area contributed by atoms with Gasteiger partial charge in [0.15, 0.2) is 0 Å². The summed E-state index contributed by atoms with van der Waals surface area (Å²) in [6.07, 6.45) is -5.76. The van der Waals surface area contributed by atoms with Gasteiger partial charge < -0.3 is 4.84 Å². The van der Waals surface area contributed by atoms with Crippen molar-refractivity contribution in [3.63, 3.8) is 0 Å². The molecule has 2 heterocycles. The Labute approximate surface area is 159 Å². The Kier molecular flexibility index (Phi) is 4.06. The van der Waals surface area contributed by atoms with Crippen LogP contribution >= 0.6 is 15.9 Å². The summed E-state index contributed by atoms with van der Waals surface area (Å²) in [6, 6.07) is 11.0. The van der Waals surface area contributed by atoms with Gasteiger partial charge in [-0.15, -0.1) is 0 Å². The van der Waals surface area contributed by atoms with Crippen LogP contribution in [0.15, 0.2) is 58.2 Å². The molecular formula is C18H10BrF3N2O3. The highest BCUT2D eigenvalue weighted by Crippen LogP contribution is 2.37. The number of oxime groups is 1. The lowest BCUT2D eigenvalue weighted by atomic mass is 9.94. The molecular weight excluding hydrogens is 429 g/mol. The molecule has 2 aliphatic heterocycles. The van der Waals surface area contributed by atoms with E-state index in [2.05, 4.69) is 21.1 Å². The van der Waals surface area contributed by atoms with Crippen LogP contribution in [0.3, 0.4) is 0 Å². The molecule has 27 heavy (non-hydrogen) atoms. The van der Waals surface area contributed by atoms with Crippen LogP contribution in [0.4, 0.5) is 18.9 Å². The van der Waals surface area contributed by atoms with Crippen LogP contribution in [0.25, 0.3) is 0 Å². The third kappa shape index (κ3) is 2.91. The number of amides is 2. The molecule has 5 nitrogen and oxygen atoms in total. The Morgan fingerprint density at radius 3 is 2.41 bits per heavy atom. The summed E-state index contributed by atoms with van der Waals surface area (Å²) in [5.41, 5.74) is -0.216. The zero-order chi connectivity index (χ0) is 19.3. The molecule has 2 atom stereocenters. The van der Waals surface area contributed by atoms with Gasteiger partial charge in [-0.3, -0.25) is 9.59 Å². The van der Waals surface area contributed by atoms with Crippen molar-refractivity contribution < 1.29 is 27.6 Å². The quantitative estimate of drug-likeness (QED) is 0.670. The molecule has 4 rings (SSSR count). The van der Waals surface area contributed by atoms with Gasteiger partial charge in [-0.05, 0) is 30.3 Å².